The second-order valence-electron chi connectivity index (χ2n) is 1.70. The Morgan fingerprint density at radius 2 is 2.33 bits per heavy atom. The highest BCUT2D eigenvalue weighted by molar-refractivity contribution is 5.73. The zero-order valence-corrected chi connectivity index (χ0v) is 5.72. The number of aliphatic hydroxyl groups is 1. The van der Waals surface area contributed by atoms with Crippen molar-refractivity contribution >= 4 is 6.03 Å². The van der Waals surface area contributed by atoms with E-state index in [9.17, 15) is 4.79 Å². The number of nitrogens with zero attached hydrogens (tertiary/aromatic N) is 1. The predicted molar refractivity (Wildman–Crippen MR) is 34.2 cm³/mol. The van der Waals surface area contributed by atoms with Gasteiger partial charge in [0.1, 0.15) is 0 Å². The van der Waals surface area contributed by atoms with Crippen LogP contribution < -0.4 is 5.32 Å². The van der Waals surface area contributed by atoms with Crippen molar-refractivity contribution in [2.45, 2.75) is 0 Å². The van der Waals surface area contributed by atoms with Gasteiger partial charge in [-0.15, -0.1) is 0 Å². The average Bonchev–Trinajstić information content (AvgIpc) is 1.87. The van der Waals surface area contributed by atoms with Gasteiger partial charge in [0.25, 0.3) is 0 Å². The van der Waals surface area contributed by atoms with E-state index in [0.717, 1.165) is 0 Å². The number of nitrogens with one attached hydrogen (secondary N) is 1. The van der Waals surface area contributed by atoms with E-state index in [1.54, 1.807) is 14.1 Å². The zero-order valence-electron chi connectivity index (χ0n) is 5.72. The fourth-order valence-corrected chi connectivity index (χ4v) is 0.442. The Morgan fingerprint density at radius 3 is 2.67 bits per heavy atom. The molecule has 4 heteroatoms. The van der Waals surface area contributed by atoms with Crippen LogP contribution in [0.25, 0.3) is 0 Å². The van der Waals surface area contributed by atoms with Crippen LogP contribution in [0.1, 0.15) is 0 Å². The summed E-state index contributed by atoms with van der Waals surface area (Å²) in [6, 6.07) is -0.177. The van der Waals surface area contributed by atoms with Crippen molar-refractivity contribution < 1.29 is 9.90 Å². The Balaban J connectivity index is 3.45. The Morgan fingerprint density at radius 1 is 1.78 bits per heavy atom. The van der Waals surface area contributed by atoms with Crippen molar-refractivity contribution in [1.29, 1.82) is 0 Å². The van der Waals surface area contributed by atoms with Crippen LogP contribution in [0.5, 0.6) is 0 Å². The molecule has 9 heavy (non-hydrogen) atoms. The first-order chi connectivity index (χ1) is 4.22. The summed E-state index contributed by atoms with van der Waals surface area (Å²) in [4.78, 5) is 12.0. The molecule has 4 nitrogen and oxygen atoms in total. The Kier molecular flexibility index (Phi) is 3.79. The molecule has 0 atom stereocenters. The van der Waals surface area contributed by atoms with E-state index < -0.39 is 0 Å². The summed E-state index contributed by atoms with van der Waals surface area (Å²) < 4.78 is 0. The zero-order chi connectivity index (χ0) is 7.28. The van der Waals surface area contributed by atoms with Crippen LogP contribution in [0.2, 0.25) is 0 Å². The van der Waals surface area contributed by atoms with Gasteiger partial charge in [-0.1, -0.05) is 0 Å². The molecule has 0 rings (SSSR count). The van der Waals surface area contributed by atoms with Gasteiger partial charge in [-0.2, -0.15) is 0 Å². The molecule has 0 heterocycles. The number of rotatable bonds is 2. The first-order valence-electron chi connectivity index (χ1n) is 2.76. The summed E-state index contributed by atoms with van der Waals surface area (Å²) in [6.45, 7) is 0.379. The van der Waals surface area contributed by atoms with Gasteiger partial charge < -0.3 is 15.3 Å². The monoisotopic (exact) mass is 132 g/mol. The van der Waals surface area contributed by atoms with Crippen LogP contribution in [-0.2, 0) is 0 Å². The number of carbonyl (C=O) groups excluding carboxylic acids is 1. The maximum Gasteiger partial charge on any atom is 0.316 e. The SMILES string of the molecule is CNC(=O)N(C)CCO. The molecule has 0 bridgehead atoms. The third kappa shape index (κ3) is 2.92. The molecule has 0 spiro atoms. The first kappa shape index (κ1) is 8.23. The molecule has 0 saturated heterocycles. The van der Waals surface area contributed by atoms with E-state index in [2.05, 4.69) is 5.32 Å². The Hall–Kier alpha value is -0.770. The van der Waals surface area contributed by atoms with Crippen molar-refractivity contribution in [1.82, 2.24) is 10.2 Å². The normalized spacial score (nSPS) is 8.78. The molecule has 0 aromatic rings. The van der Waals surface area contributed by atoms with Gasteiger partial charge in [-0.3, -0.25) is 0 Å². The highest BCUT2D eigenvalue weighted by atomic mass is 16.3. The topological polar surface area (TPSA) is 52.6 Å². The van der Waals surface area contributed by atoms with Gasteiger partial charge in [-0.25, -0.2) is 4.79 Å². The first-order valence-corrected chi connectivity index (χ1v) is 2.76. The van der Waals surface area contributed by atoms with Crippen LogP contribution in [0.3, 0.4) is 0 Å². The van der Waals surface area contributed by atoms with Crippen molar-refractivity contribution in [3.05, 3.63) is 0 Å². The summed E-state index contributed by atoms with van der Waals surface area (Å²) in [5.74, 6) is 0. The molecule has 2 N–H and O–H groups in total. The lowest BCUT2D eigenvalue weighted by molar-refractivity contribution is 0.192. The smallest absolute Gasteiger partial charge is 0.316 e. The highest BCUT2D eigenvalue weighted by Crippen LogP contribution is 1.79. The molecule has 0 unspecified atom stereocenters. The summed E-state index contributed by atoms with van der Waals surface area (Å²) >= 11 is 0. The average molecular weight is 132 g/mol. The van der Waals surface area contributed by atoms with Crippen molar-refractivity contribution in [2.24, 2.45) is 0 Å². The predicted octanol–water partition coefficient (Wildman–Crippen LogP) is -0.750. The van der Waals surface area contributed by atoms with Crippen LogP contribution in [0.4, 0.5) is 4.79 Å². The molecule has 0 saturated carbocycles. The maximum atomic E-state index is 10.6. The van der Waals surface area contributed by atoms with Gasteiger partial charge in [0, 0.05) is 20.6 Å². The lowest BCUT2D eigenvalue weighted by atomic mass is 10.6. The number of aliphatic hydroxyl groups excluding tert-OH is 1. The van der Waals surface area contributed by atoms with E-state index in [1.807, 2.05) is 0 Å². The molecule has 0 aromatic carbocycles. The molecule has 0 radical (unpaired) electrons. The van der Waals surface area contributed by atoms with Crippen molar-refractivity contribution in [3.8, 4) is 0 Å². The standard InChI is InChI=1S/C5H12N2O2/c1-6-5(9)7(2)3-4-8/h8H,3-4H2,1-2H3,(H,6,9). The fraction of sp³-hybridized carbons (Fsp3) is 0.800. The summed E-state index contributed by atoms with van der Waals surface area (Å²) in [5.41, 5.74) is 0. The number of hydrogen-bond acceptors (Lipinski definition) is 2. The van der Waals surface area contributed by atoms with Gasteiger partial charge >= 0.3 is 6.03 Å². The minimum Gasteiger partial charge on any atom is -0.395 e. The molecule has 0 fully saturated rings. The van der Waals surface area contributed by atoms with Crippen molar-refractivity contribution in [2.75, 3.05) is 27.2 Å². The van der Waals surface area contributed by atoms with E-state index >= 15 is 0 Å². The highest BCUT2D eigenvalue weighted by Gasteiger charge is 2.01. The van der Waals surface area contributed by atoms with Gasteiger partial charge in [-0.05, 0) is 0 Å². The lowest BCUT2D eigenvalue weighted by Crippen LogP contribution is -2.36. The largest absolute Gasteiger partial charge is 0.395 e. The third-order valence-corrected chi connectivity index (χ3v) is 0.996. The van der Waals surface area contributed by atoms with Crippen LogP contribution >= 0.6 is 0 Å². The number of carbonyl (C=O) groups is 1. The molecule has 54 valence electrons. The molecule has 0 aliphatic heterocycles. The van der Waals surface area contributed by atoms with E-state index in [1.165, 1.54) is 4.90 Å². The number of hydrogen-bond donors (Lipinski definition) is 2. The molecule has 0 aliphatic carbocycles. The minimum absolute atomic E-state index is 0.00389. The van der Waals surface area contributed by atoms with E-state index in [-0.39, 0.29) is 12.6 Å². The molecule has 2 amide bonds. The van der Waals surface area contributed by atoms with Crippen LogP contribution in [-0.4, -0.2) is 43.3 Å². The Bertz CT molecular complexity index is 95.0. The number of urea groups is 1. The quantitative estimate of drug-likeness (QED) is 0.519. The van der Waals surface area contributed by atoms with Gasteiger partial charge in [0.05, 0.1) is 6.61 Å². The van der Waals surface area contributed by atoms with Gasteiger partial charge in [0.15, 0.2) is 0 Å². The maximum absolute atomic E-state index is 10.6. The van der Waals surface area contributed by atoms with E-state index in [0.29, 0.717) is 6.54 Å². The lowest BCUT2D eigenvalue weighted by Gasteiger charge is -2.13. The molecular weight excluding hydrogens is 120 g/mol. The Labute approximate surface area is 54.5 Å². The van der Waals surface area contributed by atoms with Crippen molar-refractivity contribution in [3.63, 3.8) is 0 Å². The minimum atomic E-state index is -0.177. The number of likely N-dealkylation sites (N-methyl/N-ethyl adjacent to an activating group) is 1. The second-order valence-corrected chi connectivity index (χ2v) is 1.70. The van der Waals surface area contributed by atoms with Crippen LogP contribution in [0.15, 0.2) is 0 Å². The van der Waals surface area contributed by atoms with Gasteiger partial charge in [0.2, 0.25) is 0 Å². The summed E-state index contributed by atoms with van der Waals surface area (Å²) in [6.07, 6.45) is 0. The van der Waals surface area contributed by atoms with E-state index in [4.69, 9.17) is 5.11 Å². The van der Waals surface area contributed by atoms with Crippen LogP contribution in [0, 0.1) is 0 Å². The second kappa shape index (κ2) is 4.14. The number of amides is 2. The molecule has 0 aliphatic rings. The molecular formula is C5H12N2O2. The molecule has 0 aromatic heterocycles. The summed E-state index contributed by atoms with van der Waals surface area (Å²) in [7, 11) is 3.17. The third-order valence-electron chi connectivity index (χ3n) is 0.996. The summed E-state index contributed by atoms with van der Waals surface area (Å²) in [5, 5.41) is 10.8. The fourth-order valence-electron chi connectivity index (χ4n) is 0.442.